The number of hydrogen-bond donors (Lipinski definition) is 1. The maximum absolute atomic E-state index is 14.2. The molecule has 3 aromatic rings. The van der Waals surface area contributed by atoms with Crippen molar-refractivity contribution in [3.63, 3.8) is 0 Å². The van der Waals surface area contributed by atoms with Crippen LogP contribution in [0.25, 0.3) is 0 Å². The first kappa shape index (κ1) is 32.9. The Morgan fingerprint density at radius 1 is 0.951 bits per heavy atom. The summed E-state index contributed by atoms with van der Waals surface area (Å²) < 4.78 is 29.6. The van der Waals surface area contributed by atoms with E-state index in [-0.39, 0.29) is 29.8 Å². The van der Waals surface area contributed by atoms with E-state index in [1.807, 2.05) is 20.8 Å². The summed E-state index contributed by atoms with van der Waals surface area (Å²) in [5, 5.41) is 3.62. The number of carbonyl (C=O) groups is 2. The van der Waals surface area contributed by atoms with Gasteiger partial charge >= 0.3 is 0 Å². The second kappa shape index (κ2) is 14.5. The molecule has 0 saturated heterocycles. The molecule has 0 bridgehead atoms. The van der Waals surface area contributed by atoms with Crippen molar-refractivity contribution in [3.05, 3.63) is 92.4 Å². The predicted molar refractivity (Wildman–Crippen MR) is 169 cm³/mol. The number of nitrogens with one attached hydrogen (secondary N) is 1. The van der Waals surface area contributed by atoms with Crippen LogP contribution in [0.15, 0.2) is 76.1 Å². The lowest BCUT2D eigenvalue weighted by atomic mass is 10.1. The molecule has 0 aliphatic carbocycles. The molecule has 1 N–H and O–H groups in total. The molecule has 220 valence electrons. The summed E-state index contributed by atoms with van der Waals surface area (Å²) in [4.78, 5) is 29.0. The molecule has 0 unspecified atom stereocenters. The van der Waals surface area contributed by atoms with Crippen LogP contribution in [0.3, 0.4) is 0 Å². The van der Waals surface area contributed by atoms with Crippen molar-refractivity contribution in [1.29, 1.82) is 0 Å². The van der Waals surface area contributed by atoms with E-state index in [1.54, 1.807) is 61.5 Å². The highest BCUT2D eigenvalue weighted by Crippen LogP contribution is 2.29. The van der Waals surface area contributed by atoms with Gasteiger partial charge in [-0.3, -0.25) is 13.9 Å². The van der Waals surface area contributed by atoms with Gasteiger partial charge in [0.25, 0.3) is 10.0 Å². The minimum absolute atomic E-state index is 0.0399. The third-order valence-electron chi connectivity index (χ3n) is 6.76. The molecule has 2 amide bonds. The SMILES string of the molecule is CC[C@H](C(=O)N[C@@H](C)CC)N(Cc1c(Cl)cccc1Cl)C(=O)CN(c1cccc(Br)c1)S(=O)(=O)c1ccc(C)cc1. The minimum Gasteiger partial charge on any atom is -0.352 e. The Kier molecular flexibility index (Phi) is 11.7. The first-order chi connectivity index (χ1) is 19.4. The number of hydrogen-bond acceptors (Lipinski definition) is 4. The van der Waals surface area contributed by atoms with E-state index >= 15 is 0 Å². The highest BCUT2D eigenvalue weighted by Gasteiger charge is 2.34. The lowest BCUT2D eigenvalue weighted by molar-refractivity contribution is -0.140. The number of nitrogens with zero attached hydrogens (tertiary/aromatic N) is 2. The zero-order valence-electron chi connectivity index (χ0n) is 23.4. The summed E-state index contributed by atoms with van der Waals surface area (Å²) in [5.41, 5.74) is 1.66. The zero-order chi connectivity index (χ0) is 30.3. The third kappa shape index (κ3) is 8.25. The number of benzene rings is 3. The highest BCUT2D eigenvalue weighted by atomic mass is 79.9. The first-order valence-electron chi connectivity index (χ1n) is 13.3. The Labute approximate surface area is 261 Å². The van der Waals surface area contributed by atoms with Crippen LogP contribution in [0.2, 0.25) is 10.0 Å². The molecule has 0 aromatic heterocycles. The van der Waals surface area contributed by atoms with Gasteiger partial charge in [-0.05, 0) is 69.2 Å². The molecule has 0 aliphatic rings. The van der Waals surface area contributed by atoms with Gasteiger partial charge in [0, 0.05) is 32.7 Å². The lowest BCUT2D eigenvalue weighted by Gasteiger charge is -2.34. The summed E-state index contributed by atoms with van der Waals surface area (Å²) >= 11 is 16.3. The minimum atomic E-state index is -4.17. The Morgan fingerprint density at radius 2 is 1.56 bits per heavy atom. The molecular weight excluding hydrogens is 649 g/mol. The molecule has 2 atom stereocenters. The smallest absolute Gasteiger partial charge is 0.264 e. The van der Waals surface area contributed by atoms with Crippen LogP contribution in [-0.2, 0) is 26.2 Å². The van der Waals surface area contributed by atoms with Crippen molar-refractivity contribution in [1.82, 2.24) is 10.2 Å². The van der Waals surface area contributed by atoms with E-state index in [0.717, 1.165) is 9.87 Å². The van der Waals surface area contributed by atoms with Crippen LogP contribution in [0.4, 0.5) is 5.69 Å². The number of aryl methyl sites for hydroxylation is 1. The van der Waals surface area contributed by atoms with Crippen molar-refractivity contribution < 1.29 is 18.0 Å². The molecule has 0 radical (unpaired) electrons. The summed E-state index contributed by atoms with van der Waals surface area (Å²) in [7, 11) is -4.17. The number of anilines is 1. The second-order valence-corrected chi connectivity index (χ2v) is 13.4. The average Bonchev–Trinajstić information content (AvgIpc) is 2.93. The van der Waals surface area contributed by atoms with Gasteiger partial charge in [0.05, 0.1) is 10.6 Å². The third-order valence-corrected chi connectivity index (χ3v) is 9.75. The van der Waals surface area contributed by atoms with Crippen LogP contribution in [-0.4, -0.2) is 43.8 Å². The van der Waals surface area contributed by atoms with E-state index in [2.05, 4.69) is 21.2 Å². The van der Waals surface area contributed by atoms with Crippen LogP contribution in [0.5, 0.6) is 0 Å². The van der Waals surface area contributed by atoms with Crippen molar-refractivity contribution in [3.8, 4) is 0 Å². The van der Waals surface area contributed by atoms with Gasteiger partial charge in [-0.25, -0.2) is 8.42 Å². The van der Waals surface area contributed by atoms with Gasteiger partial charge in [0.1, 0.15) is 12.6 Å². The van der Waals surface area contributed by atoms with Crippen LogP contribution >= 0.6 is 39.1 Å². The molecule has 0 heterocycles. The van der Waals surface area contributed by atoms with E-state index in [4.69, 9.17) is 23.2 Å². The lowest BCUT2D eigenvalue weighted by Crippen LogP contribution is -2.53. The number of carbonyl (C=O) groups excluding carboxylic acids is 2. The molecule has 0 saturated carbocycles. The molecule has 41 heavy (non-hydrogen) atoms. The maximum atomic E-state index is 14.2. The highest BCUT2D eigenvalue weighted by molar-refractivity contribution is 9.10. The topological polar surface area (TPSA) is 86.8 Å². The van der Waals surface area contributed by atoms with E-state index in [9.17, 15) is 18.0 Å². The number of rotatable bonds is 12. The summed E-state index contributed by atoms with van der Waals surface area (Å²) in [6.45, 7) is 6.85. The van der Waals surface area contributed by atoms with Crippen LogP contribution in [0.1, 0.15) is 44.7 Å². The van der Waals surface area contributed by atoms with Crippen molar-refractivity contribution in [2.75, 3.05) is 10.8 Å². The summed E-state index contributed by atoms with van der Waals surface area (Å²) in [6.07, 6.45) is 0.996. The molecule has 7 nitrogen and oxygen atoms in total. The fourth-order valence-electron chi connectivity index (χ4n) is 4.21. The van der Waals surface area contributed by atoms with Gasteiger partial charge in [-0.2, -0.15) is 0 Å². The van der Waals surface area contributed by atoms with E-state index in [1.165, 1.54) is 17.0 Å². The fourth-order valence-corrected chi connectivity index (χ4v) is 6.52. The average molecular weight is 683 g/mol. The molecule has 3 aromatic carbocycles. The number of sulfonamides is 1. The number of amides is 2. The van der Waals surface area contributed by atoms with Crippen molar-refractivity contribution in [2.45, 2.75) is 64.1 Å². The zero-order valence-corrected chi connectivity index (χ0v) is 27.3. The first-order valence-corrected chi connectivity index (χ1v) is 16.3. The molecule has 0 spiro atoms. The summed E-state index contributed by atoms with van der Waals surface area (Å²) in [6, 6.07) is 17.1. The number of halogens is 3. The van der Waals surface area contributed by atoms with E-state index < -0.39 is 28.5 Å². The molecule has 11 heteroatoms. The van der Waals surface area contributed by atoms with Crippen molar-refractivity contribution >= 4 is 66.7 Å². The molecule has 3 rings (SSSR count). The van der Waals surface area contributed by atoms with Gasteiger partial charge in [0.15, 0.2) is 0 Å². The van der Waals surface area contributed by atoms with Gasteiger partial charge in [0.2, 0.25) is 11.8 Å². The molecule has 0 fully saturated rings. The second-order valence-electron chi connectivity index (χ2n) is 9.77. The quantitative estimate of drug-likeness (QED) is 0.223. The van der Waals surface area contributed by atoms with Crippen LogP contribution in [0, 0.1) is 6.92 Å². The Morgan fingerprint density at radius 3 is 2.12 bits per heavy atom. The summed E-state index contributed by atoms with van der Waals surface area (Å²) in [5.74, 6) is -0.920. The van der Waals surface area contributed by atoms with E-state index in [0.29, 0.717) is 32.2 Å². The Bertz CT molecular complexity index is 1470. The molecule has 0 aliphatic heterocycles. The van der Waals surface area contributed by atoms with Crippen molar-refractivity contribution in [2.24, 2.45) is 0 Å². The maximum Gasteiger partial charge on any atom is 0.264 e. The Balaban J connectivity index is 2.10. The predicted octanol–water partition coefficient (Wildman–Crippen LogP) is 6.98. The van der Waals surface area contributed by atoms with Gasteiger partial charge in [-0.15, -0.1) is 0 Å². The van der Waals surface area contributed by atoms with Crippen LogP contribution < -0.4 is 9.62 Å². The van der Waals surface area contributed by atoms with Gasteiger partial charge in [-0.1, -0.05) is 82.8 Å². The largest absolute Gasteiger partial charge is 0.352 e. The normalized spacial score (nSPS) is 12.9. The molecular formula is C30H34BrCl2N3O4S. The fraction of sp³-hybridized carbons (Fsp3) is 0.333. The van der Waals surface area contributed by atoms with Gasteiger partial charge < -0.3 is 10.2 Å². The Hall–Kier alpha value is -2.59. The monoisotopic (exact) mass is 681 g/mol. The standard InChI is InChI=1S/C30H34BrCl2N3O4S/c1-5-21(4)34-30(38)28(6-2)35(18-25-26(32)11-8-12-27(25)33)29(37)19-36(23-10-7-9-22(31)17-23)41(39,40)24-15-13-20(3)14-16-24/h7-17,21,28H,5-6,18-19H2,1-4H3,(H,34,38)/t21-,28+/m0/s1.